The van der Waals surface area contributed by atoms with Gasteiger partial charge in [-0.2, -0.15) is 0 Å². The third kappa shape index (κ3) is 3.47. The van der Waals surface area contributed by atoms with E-state index in [1.54, 1.807) is 19.2 Å². The number of rotatable bonds is 3. The number of hydrogen-bond donors (Lipinski definition) is 0. The molecule has 0 unspecified atom stereocenters. The zero-order valence-corrected chi connectivity index (χ0v) is 14.4. The maximum Gasteiger partial charge on any atom is 0.162 e. The molecule has 0 bridgehead atoms. The molecule has 100 valence electrons. The minimum absolute atomic E-state index is 0.337. The molecule has 3 nitrogen and oxygen atoms in total. The number of ether oxygens (including phenoxy) is 1. The van der Waals surface area contributed by atoms with Gasteiger partial charge in [0.15, 0.2) is 5.82 Å². The largest absolute Gasteiger partial charge is 0.378 e. The Morgan fingerprint density at radius 3 is 2.63 bits per heavy atom. The van der Waals surface area contributed by atoms with Crippen molar-refractivity contribution >= 4 is 55.1 Å². The molecule has 1 aromatic carbocycles. The van der Waals surface area contributed by atoms with Crippen molar-refractivity contribution in [2.75, 3.05) is 7.11 Å². The van der Waals surface area contributed by atoms with Crippen molar-refractivity contribution in [1.29, 1.82) is 0 Å². The van der Waals surface area contributed by atoms with E-state index in [4.69, 9.17) is 27.9 Å². The van der Waals surface area contributed by atoms with Crippen LogP contribution in [0, 0.1) is 0 Å². The van der Waals surface area contributed by atoms with Gasteiger partial charge in [0, 0.05) is 22.2 Å². The fraction of sp³-hybridized carbons (Fsp3) is 0.167. The molecular weight excluding hydrogens is 419 g/mol. The molecule has 0 aliphatic heterocycles. The summed E-state index contributed by atoms with van der Waals surface area (Å²) in [6.07, 6.45) is 0. The lowest BCUT2D eigenvalue weighted by Gasteiger charge is -2.09. The second kappa shape index (κ2) is 6.50. The first-order valence-corrected chi connectivity index (χ1v) is 7.53. The number of halogens is 4. The van der Waals surface area contributed by atoms with Crippen molar-refractivity contribution in [1.82, 2.24) is 9.97 Å². The minimum Gasteiger partial charge on any atom is -0.378 e. The smallest absolute Gasteiger partial charge is 0.162 e. The minimum atomic E-state index is 0.337. The first-order chi connectivity index (χ1) is 9.02. The van der Waals surface area contributed by atoms with Crippen LogP contribution >= 0.6 is 55.1 Å². The summed E-state index contributed by atoms with van der Waals surface area (Å²) in [5, 5.41) is 0.943. The quantitative estimate of drug-likeness (QED) is 0.639. The van der Waals surface area contributed by atoms with Crippen LogP contribution in [0.2, 0.25) is 10.2 Å². The van der Waals surface area contributed by atoms with Gasteiger partial charge in [-0.15, -0.1) is 0 Å². The van der Waals surface area contributed by atoms with E-state index in [0.717, 1.165) is 10.0 Å². The summed E-state index contributed by atoms with van der Waals surface area (Å²) < 4.78 is 6.57. The van der Waals surface area contributed by atoms with E-state index >= 15 is 0 Å². The van der Waals surface area contributed by atoms with Crippen molar-refractivity contribution in [3.63, 3.8) is 0 Å². The normalized spacial score (nSPS) is 10.8. The van der Waals surface area contributed by atoms with Crippen LogP contribution in [0.1, 0.15) is 5.69 Å². The molecule has 0 N–H and O–H groups in total. The summed E-state index contributed by atoms with van der Waals surface area (Å²) in [7, 11) is 1.59. The van der Waals surface area contributed by atoms with Crippen LogP contribution in [0.25, 0.3) is 11.4 Å². The molecule has 1 heterocycles. The van der Waals surface area contributed by atoms with Gasteiger partial charge in [-0.3, -0.25) is 0 Å². The number of nitrogens with zero attached hydrogens (tertiary/aromatic N) is 2. The lowest BCUT2D eigenvalue weighted by Crippen LogP contribution is -2.00. The predicted molar refractivity (Wildman–Crippen MR) is 83.6 cm³/mol. The molecule has 0 aliphatic carbocycles. The van der Waals surface area contributed by atoms with Crippen LogP contribution in [0.15, 0.2) is 27.1 Å². The van der Waals surface area contributed by atoms with Crippen molar-refractivity contribution in [2.24, 2.45) is 0 Å². The van der Waals surface area contributed by atoms with Gasteiger partial charge in [0.1, 0.15) is 5.15 Å². The summed E-state index contributed by atoms with van der Waals surface area (Å²) >= 11 is 18.9. The summed E-state index contributed by atoms with van der Waals surface area (Å²) in [6, 6.07) is 5.40. The molecule has 0 radical (unpaired) electrons. The predicted octanol–water partition coefficient (Wildman–Crippen LogP) is 5.12. The zero-order chi connectivity index (χ0) is 14.0. The van der Waals surface area contributed by atoms with E-state index in [1.807, 2.05) is 6.07 Å². The van der Waals surface area contributed by atoms with E-state index < -0.39 is 0 Å². The van der Waals surface area contributed by atoms with Gasteiger partial charge in [-0.25, -0.2) is 9.97 Å². The third-order valence-corrected chi connectivity index (χ3v) is 4.59. The molecule has 2 aromatic rings. The van der Waals surface area contributed by atoms with Gasteiger partial charge in [-0.1, -0.05) is 39.1 Å². The fourth-order valence-electron chi connectivity index (χ4n) is 1.48. The Morgan fingerprint density at radius 2 is 1.95 bits per heavy atom. The van der Waals surface area contributed by atoms with Gasteiger partial charge < -0.3 is 4.74 Å². The fourth-order valence-corrected chi connectivity index (χ4v) is 2.56. The highest BCUT2D eigenvalue weighted by atomic mass is 79.9. The van der Waals surface area contributed by atoms with Crippen LogP contribution in [-0.4, -0.2) is 17.1 Å². The second-order valence-corrected chi connectivity index (χ2v) is 6.10. The second-order valence-electron chi connectivity index (χ2n) is 3.66. The van der Waals surface area contributed by atoms with Crippen molar-refractivity contribution < 1.29 is 4.74 Å². The van der Waals surface area contributed by atoms with Crippen LogP contribution < -0.4 is 0 Å². The Hall–Kier alpha value is -0.200. The van der Waals surface area contributed by atoms with Crippen LogP contribution in [0.4, 0.5) is 0 Å². The molecule has 0 saturated heterocycles. The van der Waals surface area contributed by atoms with E-state index in [-0.39, 0.29) is 0 Å². The van der Waals surface area contributed by atoms with Crippen LogP contribution in [0.3, 0.4) is 0 Å². The van der Waals surface area contributed by atoms with Crippen molar-refractivity contribution in [2.45, 2.75) is 6.61 Å². The molecular formula is C12H8Br2Cl2N2O. The summed E-state index contributed by atoms with van der Waals surface area (Å²) in [5.41, 5.74) is 1.46. The zero-order valence-electron chi connectivity index (χ0n) is 9.75. The molecule has 0 saturated carbocycles. The van der Waals surface area contributed by atoms with Gasteiger partial charge in [0.05, 0.1) is 16.8 Å². The Labute approximate surface area is 137 Å². The molecule has 0 aliphatic rings. The molecule has 2 rings (SSSR count). The first kappa shape index (κ1) is 15.2. The standard InChI is InChI=1S/C12H8Br2Cl2N2O/c1-19-5-9-10(14)11(16)18-12(17-9)7-4-6(15)2-3-8(7)13/h2-4H,5H2,1H3. The SMILES string of the molecule is COCc1nc(-c2cc(Cl)ccc2Br)nc(Cl)c1Br. The van der Waals surface area contributed by atoms with Gasteiger partial charge in [0.25, 0.3) is 0 Å². The highest BCUT2D eigenvalue weighted by Gasteiger charge is 2.14. The lowest BCUT2D eigenvalue weighted by atomic mass is 10.2. The molecule has 0 amide bonds. The molecule has 1 aromatic heterocycles. The Morgan fingerprint density at radius 1 is 1.21 bits per heavy atom. The average molecular weight is 427 g/mol. The van der Waals surface area contributed by atoms with Crippen LogP contribution in [0.5, 0.6) is 0 Å². The van der Waals surface area contributed by atoms with E-state index in [0.29, 0.717) is 32.8 Å². The molecule has 0 fully saturated rings. The Bertz CT molecular complexity index is 623. The Balaban J connectivity index is 2.59. The van der Waals surface area contributed by atoms with Crippen LogP contribution in [-0.2, 0) is 11.3 Å². The maximum absolute atomic E-state index is 6.09. The molecule has 19 heavy (non-hydrogen) atoms. The lowest BCUT2D eigenvalue weighted by molar-refractivity contribution is 0.181. The van der Waals surface area contributed by atoms with Crippen molar-refractivity contribution in [3.05, 3.63) is 43.0 Å². The Kier molecular flexibility index (Phi) is 5.20. The van der Waals surface area contributed by atoms with E-state index in [2.05, 4.69) is 41.8 Å². The maximum atomic E-state index is 6.09. The number of benzene rings is 1. The van der Waals surface area contributed by atoms with Gasteiger partial charge in [0.2, 0.25) is 0 Å². The summed E-state index contributed by atoms with van der Waals surface area (Å²) in [6.45, 7) is 0.341. The summed E-state index contributed by atoms with van der Waals surface area (Å²) in [5.74, 6) is 0.495. The van der Waals surface area contributed by atoms with Gasteiger partial charge in [-0.05, 0) is 34.1 Å². The topological polar surface area (TPSA) is 35.0 Å². The number of aromatic nitrogens is 2. The molecule has 0 atom stereocenters. The number of methoxy groups -OCH3 is 1. The molecule has 0 spiro atoms. The van der Waals surface area contributed by atoms with E-state index in [1.165, 1.54) is 0 Å². The van der Waals surface area contributed by atoms with Crippen molar-refractivity contribution in [3.8, 4) is 11.4 Å². The monoisotopic (exact) mass is 424 g/mol. The molecule has 7 heteroatoms. The number of hydrogen-bond acceptors (Lipinski definition) is 3. The highest BCUT2D eigenvalue weighted by Crippen LogP contribution is 2.32. The summed E-state index contributed by atoms with van der Waals surface area (Å²) in [4.78, 5) is 8.69. The highest BCUT2D eigenvalue weighted by molar-refractivity contribution is 9.11. The average Bonchev–Trinajstić information content (AvgIpc) is 2.38. The first-order valence-electron chi connectivity index (χ1n) is 5.19. The third-order valence-electron chi connectivity index (χ3n) is 2.33. The van der Waals surface area contributed by atoms with Gasteiger partial charge >= 0.3 is 0 Å². The van der Waals surface area contributed by atoms with E-state index in [9.17, 15) is 0 Å².